The van der Waals surface area contributed by atoms with Crippen LogP contribution in [0.3, 0.4) is 0 Å². The van der Waals surface area contributed by atoms with Crippen molar-refractivity contribution in [1.29, 1.82) is 0 Å². The lowest BCUT2D eigenvalue weighted by atomic mass is 10.2. The van der Waals surface area contributed by atoms with Crippen LogP contribution in [0.1, 0.15) is 33.3 Å². The van der Waals surface area contributed by atoms with Crippen molar-refractivity contribution < 1.29 is 9.53 Å². The fourth-order valence-corrected chi connectivity index (χ4v) is 1.52. The maximum Gasteiger partial charge on any atom is 0.253 e. The molecule has 0 aromatic heterocycles. The lowest BCUT2D eigenvalue weighted by Crippen LogP contribution is -2.41. The number of amides is 1. The Kier molecular flexibility index (Phi) is 8.93. The number of hydrogen-bond donors (Lipinski definition) is 0. The van der Waals surface area contributed by atoms with Gasteiger partial charge in [0.05, 0.1) is 6.61 Å². The second kappa shape index (κ2) is 9.66. The normalized spacial score (nSPS) is 14.1. The molecule has 1 fully saturated rings. The number of rotatable bonds is 1. The summed E-state index contributed by atoms with van der Waals surface area (Å²) < 4.78 is 5.07. The fourth-order valence-electron chi connectivity index (χ4n) is 1.52. The highest BCUT2D eigenvalue weighted by Gasteiger charge is 2.19. The third-order valence-corrected chi connectivity index (χ3v) is 2.33. The van der Waals surface area contributed by atoms with Crippen molar-refractivity contribution >= 4 is 11.6 Å². The molecule has 1 saturated heterocycles. The van der Waals surface area contributed by atoms with Gasteiger partial charge in [-0.05, 0) is 19.1 Å². The summed E-state index contributed by atoms with van der Waals surface area (Å²) in [6.45, 7) is 11.5. The van der Waals surface area contributed by atoms with E-state index in [0.717, 1.165) is 5.69 Å². The minimum absolute atomic E-state index is 0.0418. The first-order valence-electron chi connectivity index (χ1n) is 6.72. The van der Waals surface area contributed by atoms with E-state index < -0.39 is 0 Å². The molecule has 1 aliphatic heterocycles. The molecule has 0 radical (unpaired) electrons. The Hall–Kier alpha value is -1.35. The van der Waals surface area contributed by atoms with Crippen LogP contribution in [0.25, 0.3) is 0 Å². The van der Waals surface area contributed by atoms with Crippen LogP contribution in [0, 0.1) is 6.92 Å². The molecule has 1 aromatic carbocycles. The van der Waals surface area contributed by atoms with Crippen molar-refractivity contribution in [2.45, 2.75) is 34.6 Å². The lowest BCUT2D eigenvalue weighted by Gasteiger charge is -2.26. The fraction of sp³-hybridized carbons (Fsp3) is 0.533. The van der Waals surface area contributed by atoms with E-state index >= 15 is 0 Å². The Morgan fingerprint density at radius 1 is 1.06 bits per heavy atom. The van der Waals surface area contributed by atoms with E-state index in [-0.39, 0.29) is 12.5 Å². The predicted molar refractivity (Wildman–Crippen MR) is 77.0 cm³/mol. The third kappa shape index (κ3) is 4.88. The van der Waals surface area contributed by atoms with Crippen LogP contribution >= 0.6 is 0 Å². The van der Waals surface area contributed by atoms with E-state index in [4.69, 9.17) is 4.74 Å². The van der Waals surface area contributed by atoms with E-state index in [1.54, 1.807) is 4.90 Å². The standard InChI is InChI=1S/C11H13NO2.2C2H6/c1-9-2-4-10(5-3-9)12-6-7-14-8-11(12)13;2*1-2/h2-5H,6-8H2,1H3;2*1-2H3. The van der Waals surface area contributed by atoms with Gasteiger partial charge in [0, 0.05) is 12.2 Å². The molecule has 1 aliphatic rings. The minimum atomic E-state index is 0.0418. The zero-order chi connectivity index (χ0) is 14.0. The number of ether oxygens (including phenoxy) is 1. The first-order chi connectivity index (χ1) is 8.77. The molecule has 3 nitrogen and oxygen atoms in total. The average molecular weight is 251 g/mol. The highest BCUT2D eigenvalue weighted by Crippen LogP contribution is 2.16. The highest BCUT2D eigenvalue weighted by atomic mass is 16.5. The number of carbonyl (C=O) groups is 1. The summed E-state index contributed by atoms with van der Waals surface area (Å²) in [4.78, 5) is 13.2. The van der Waals surface area contributed by atoms with E-state index in [1.165, 1.54) is 5.56 Å². The van der Waals surface area contributed by atoms with Gasteiger partial charge in [-0.15, -0.1) is 0 Å². The molecule has 0 aliphatic carbocycles. The van der Waals surface area contributed by atoms with Crippen LogP contribution < -0.4 is 4.90 Å². The summed E-state index contributed by atoms with van der Waals surface area (Å²) in [7, 11) is 0. The Labute approximate surface area is 111 Å². The van der Waals surface area contributed by atoms with Crippen molar-refractivity contribution in [3.63, 3.8) is 0 Å². The first kappa shape index (κ1) is 16.6. The first-order valence-corrected chi connectivity index (χ1v) is 6.72. The maximum atomic E-state index is 11.5. The van der Waals surface area contributed by atoms with Gasteiger partial charge in [0.1, 0.15) is 6.61 Å². The summed E-state index contributed by atoms with van der Waals surface area (Å²) >= 11 is 0. The number of hydrogen-bond acceptors (Lipinski definition) is 2. The van der Waals surface area contributed by atoms with Gasteiger partial charge >= 0.3 is 0 Å². The zero-order valence-electron chi connectivity index (χ0n) is 12.2. The van der Waals surface area contributed by atoms with Crippen LogP contribution in [0.4, 0.5) is 5.69 Å². The number of benzene rings is 1. The molecule has 1 amide bonds. The average Bonchev–Trinajstić information content (AvgIpc) is 2.45. The second-order valence-electron chi connectivity index (χ2n) is 3.43. The topological polar surface area (TPSA) is 29.5 Å². The van der Waals surface area contributed by atoms with Crippen molar-refractivity contribution in [1.82, 2.24) is 0 Å². The molecule has 0 atom stereocenters. The van der Waals surface area contributed by atoms with Gasteiger partial charge in [0.2, 0.25) is 0 Å². The largest absolute Gasteiger partial charge is 0.370 e. The van der Waals surface area contributed by atoms with E-state index in [2.05, 4.69) is 0 Å². The quantitative estimate of drug-likeness (QED) is 0.765. The van der Waals surface area contributed by atoms with Gasteiger partial charge in [0.15, 0.2) is 0 Å². The Morgan fingerprint density at radius 2 is 1.61 bits per heavy atom. The van der Waals surface area contributed by atoms with E-state index in [1.807, 2.05) is 58.9 Å². The molecule has 1 heterocycles. The molecule has 2 rings (SSSR count). The third-order valence-electron chi connectivity index (χ3n) is 2.33. The molecular weight excluding hydrogens is 226 g/mol. The van der Waals surface area contributed by atoms with E-state index in [9.17, 15) is 4.79 Å². The molecule has 102 valence electrons. The van der Waals surface area contributed by atoms with Gasteiger partial charge in [-0.3, -0.25) is 4.79 Å². The molecule has 3 heteroatoms. The van der Waals surface area contributed by atoms with Crippen LogP contribution in [0.5, 0.6) is 0 Å². The molecule has 0 unspecified atom stereocenters. The summed E-state index contributed by atoms with van der Waals surface area (Å²) in [5, 5.41) is 0. The molecule has 0 saturated carbocycles. The van der Waals surface area contributed by atoms with Crippen LogP contribution in [0.15, 0.2) is 24.3 Å². The van der Waals surface area contributed by atoms with Gasteiger partial charge in [-0.2, -0.15) is 0 Å². The summed E-state index contributed by atoms with van der Waals surface area (Å²) in [6, 6.07) is 7.97. The monoisotopic (exact) mass is 251 g/mol. The number of carbonyl (C=O) groups excluding carboxylic acids is 1. The molecule has 0 bridgehead atoms. The molecular formula is C15H25NO2. The Balaban J connectivity index is 0.000000659. The van der Waals surface area contributed by atoms with Crippen LogP contribution in [-0.2, 0) is 9.53 Å². The van der Waals surface area contributed by atoms with Gasteiger partial charge in [0.25, 0.3) is 5.91 Å². The van der Waals surface area contributed by atoms with Crippen LogP contribution in [0.2, 0.25) is 0 Å². The zero-order valence-corrected chi connectivity index (χ0v) is 12.2. The maximum absolute atomic E-state index is 11.5. The highest BCUT2D eigenvalue weighted by molar-refractivity contribution is 5.94. The number of aryl methyl sites for hydroxylation is 1. The molecule has 18 heavy (non-hydrogen) atoms. The SMILES string of the molecule is CC.CC.Cc1ccc(N2CCOCC2=O)cc1. The van der Waals surface area contributed by atoms with E-state index in [0.29, 0.717) is 13.2 Å². The molecule has 0 spiro atoms. The summed E-state index contributed by atoms with van der Waals surface area (Å²) in [5.74, 6) is 0.0418. The van der Waals surface area contributed by atoms with Crippen molar-refractivity contribution in [3.05, 3.63) is 29.8 Å². The van der Waals surface area contributed by atoms with Gasteiger partial charge in [-0.1, -0.05) is 45.4 Å². The van der Waals surface area contributed by atoms with Gasteiger partial charge < -0.3 is 9.64 Å². The number of morpholine rings is 1. The van der Waals surface area contributed by atoms with Crippen LogP contribution in [-0.4, -0.2) is 25.7 Å². The summed E-state index contributed by atoms with van der Waals surface area (Å²) in [6.07, 6.45) is 0. The minimum Gasteiger partial charge on any atom is -0.370 e. The molecule has 0 N–H and O–H groups in total. The smallest absolute Gasteiger partial charge is 0.253 e. The van der Waals surface area contributed by atoms with Gasteiger partial charge in [-0.25, -0.2) is 0 Å². The molecule has 1 aromatic rings. The van der Waals surface area contributed by atoms with Crippen molar-refractivity contribution in [2.75, 3.05) is 24.7 Å². The number of nitrogens with zero attached hydrogens (tertiary/aromatic N) is 1. The van der Waals surface area contributed by atoms with Crippen molar-refractivity contribution in [2.24, 2.45) is 0 Å². The lowest BCUT2D eigenvalue weighted by molar-refractivity contribution is -0.125. The Morgan fingerprint density at radius 3 is 2.11 bits per heavy atom. The second-order valence-corrected chi connectivity index (χ2v) is 3.43. The predicted octanol–water partition coefficient (Wildman–Crippen LogP) is 3.41. The number of anilines is 1. The Bertz CT molecular complexity index is 333. The van der Waals surface area contributed by atoms with Crippen molar-refractivity contribution in [3.8, 4) is 0 Å². The summed E-state index contributed by atoms with van der Waals surface area (Å²) in [5.41, 5.74) is 2.17.